The minimum Gasteiger partial charge on any atom is -0.480 e. The Hall–Kier alpha value is -3.63. The van der Waals surface area contributed by atoms with E-state index < -0.39 is 24.5 Å². The molecule has 190 valence electrons. The number of hydrogen-bond acceptors (Lipinski definition) is 5. The Kier molecular flexibility index (Phi) is 9.04. The number of rotatable bonds is 9. The first kappa shape index (κ1) is 26.0. The van der Waals surface area contributed by atoms with Crippen LogP contribution in [0.2, 0.25) is 0 Å². The number of carbonyl (C=O) groups excluding carboxylic acids is 3. The summed E-state index contributed by atoms with van der Waals surface area (Å²) < 4.78 is 0. The molecule has 35 heavy (non-hydrogen) atoms. The quantitative estimate of drug-likeness (QED) is 0.270. The van der Waals surface area contributed by atoms with Crippen molar-refractivity contribution in [3.63, 3.8) is 0 Å². The highest BCUT2D eigenvalue weighted by Gasteiger charge is 2.38. The van der Waals surface area contributed by atoms with E-state index in [0.29, 0.717) is 25.3 Å². The number of aliphatic carboxylic acids is 1. The summed E-state index contributed by atoms with van der Waals surface area (Å²) in [5.41, 5.74) is 11.6. The largest absolute Gasteiger partial charge is 0.480 e. The van der Waals surface area contributed by atoms with Gasteiger partial charge in [-0.1, -0.05) is 30.3 Å². The van der Waals surface area contributed by atoms with Crippen LogP contribution in [0.3, 0.4) is 0 Å². The van der Waals surface area contributed by atoms with Gasteiger partial charge in [0, 0.05) is 32.0 Å². The molecule has 0 radical (unpaired) electrons. The number of benzene rings is 1. The lowest BCUT2D eigenvalue weighted by Crippen LogP contribution is -2.61. The Balaban J connectivity index is 1.57. The lowest BCUT2D eigenvalue weighted by molar-refractivity contribution is -0.155. The number of carboxylic acid groups (broad SMARTS) is 1. The maximum absolute atomic E-state index is 13.0. The van der Waals surface area contributed by atoms with Gasteiger partial charge >= 0.3 is 5.97 Å². The van der Waals surface area contributed by atoms with E-state index in [9.17, 15) is 19.2 Å². The zero-order valence-corrected chi connectivity index (χ0v) is 19.8. The van der Waals surface area contributed by atoms with Crippen LogP contribution < -0.4 is 16.8 Å². The molecule has 1 aliphatic heterocycles. The molecule has 0 aromatic heterocycles. The molecule has 0 unspecified atom stereocenters. The van der Waals surface area contributed by atoms with Crippen LogP contribution in [0.1, 0.15) is 31.2 Å². The van der Waals surface area contributed by atoms with Crippen molar-refractivity contribution in [1.29, 1.82) is 0 Å². The van der Waals surface area contributed by atoms with Crippen molar-refractivity contribution >= 4 is 29.7 Å². The first-order valence-corrected chi connectivity index (χ1v) is 11.9. The first-order chi connectivity index (χ1) is 16.7. The predicted molar refractivity (Wildman–Crippen MR) is 129 cm³/mol. The summed E-state index contributed by atoms with van der Waals surface area (Å²) in [6, 6.07) is 8.44. The molecule has 1 aromatic carbocycles. The second-order valence-electron chi connectivity index (χ2n) is 9.15. The van der Waals surface area contributed by atoms with Gasteiger partial charge in [0.15, 0.2) is 5.96 Å². The second kappa shape index (κ2) is 12.2. The number of piperazine rings is 1. The Bertz CT molecular complexity index is 941. The van der Waals surface area contributed by atoms with Gasteiger partial charge in [-0.15, -0.1) is 0 Å². The van der Waals surface area contributed by atoms with Crippen LogP contribution in [0.5, 0.6) is 0 Å². The molecule has 3 rings (SSSR count). The third-order valence-corrected chi connectivity index (χ3v) is 6.67. The number of nitrogens with zero attached hydrogens (tertiary/aromatic N) is 3. The van der Waals surface area contributed by atoms with Crippen LogP contribution >= 0.6 is 0 Å². The number of nitrogens with one attached hydrogen (secondary N) is 1. The van der Waals surface area contributed by atoms with Crippen molar-refractivity contribution in [2.24, 2.45) is 28.3 Å². The lowest BCUT2D eigenvalue weighted by Gasteiger charge is -2.40. The highest BCUT2D eigenvalue weighted by Crippen LogP contribution is 2.29. The summed E-state index contributed by atoms with van der Waals surface area (Å²) >= 11 is 0. The topological polar surface area (TPSA) is 171 Å². The minimum atomic E-state index is -1.10. The second-order valence-corrected chi connectivity index (χ2v) is 9.15. The third-order valence-electron chi connectivity index (χ3n) is 6.67. The van der Waals surface area contributed by atoms with Gasteiger partial charge in [-0.05, 0) is 37.2 Å². The smallest absolute Gasteiger partial charge is 0.323 e. The van der Waals surface area contributed by atoms with E-state index >= 15 is 0 Å². The Morgan fingerprint density at radius 2 is 1.74 bits per heavy atom. The van der Waals surface area contributed by atoms with Crippen molar-refractivity contribution in [2.75, 3.05) is 32.7 Å². The first-order valence-electron chi connectivity index (χ1n) is 11.9. The van der Waals surface area contributed by atoms with Crippen molar-refractivity contribution in [3.8, 4) is 0 Å². The summed E-state index contributed by atoms with van der Waals surface area (Å²) in [6.07, 6.45) is 3.35. The zero-order chi connectivity index (χ0) is 25.4. The third kappa shape index (κ3) is 7.43. The maximum atomic E-state index is 13.0. The molecule has 1 aliphatic carbocycles. The molecule has 3 amide bonds. The number of hydrogen-bond donors (Lipinski definition) is 4. The van der Waals surface area contributed by atoms with Crippen LogP contribution in [0.4, 0.5) is 0 Å². The molecule has 1 aromatic rings. The molecular formula is C24H34N6O5. The Morgan fingerprint density at radius 3 is 2.37 bits per heavy atom. The average Bonchev–Trinajstić information content (AvgIpc) is 2.84. The number of carbonyl (C=O) groups is 4. The lowest BCUT2D eigenvalue weighted by atomic mass is 9.81. The van der Waals surface area contributed by atoms with Gasteiger partial charge in [-0.25, -0.2) is 0 Å². The van der Waals surface area contributed by atoms with E-state index in [4.69, 9.17) is 16.6 Å². The predicted octanol–water partition coefficient (Wildman–Crippen LogP) is -0.451. The number of carboxylic acids is 1. The van der Waals surface area contributed by atoms with Crippen LogP contribution in [-0.4, -0.2) is 83.3 Å². The molecule has 11 nitrogen and oxygen atoms in total. The molecule has 0 bridgehead atoms. The number of aliphatic imine (C=N–C) groups is 1. The summed E-state index contributed by atoms with van der Waals surface area (Å²) in [5, 5.41) is 11.9. The summed E-state index contributed by atoms with van der Waals surface area (Å²) in [7, 11) is 0. The monoisotopic (exact) mass is 486 g/mol. The Labute approximate surface area is 204 Å². The van der Waals surface area contributed by atoms with Gasteiger partial charge < -0.3 is 31.7 Å². The van der Waals surface area contributed by atoms with E-state index in [0.717, 1.165) is 18.4 Å². The van der Waals surface area contributed by atoms with E-state index in [2.05, 4.69) is 10.3 Å². The molecule has 11 heteroatoms. The highest BCUT2D eigenvalue weighted by atomic mass is 16.4. The van der Waals surface area contributed by atoms with Gasteiger partial charge in [0.1, 0.15) is 12.6 Å². The van der Waals surface area contributed by atoms with Crippen LogP contribution in [-0.2, 0) is 25.6 Å². The molecule has 1 saturated carbocycles. The molecule has 0 spiro atoms. The summed E-state index contributed by atoms with van der Waals surface area (Å²) in [5.74, 6) is -1.80. The maximum Gasteiger partial charge on any atom is 0.323 e. The highest BCUT2D eigenvalue weighted by molar-refractivity contribution is 5.92. The fourth-order valence-corrected chi connectivity index (χ4v) is 4.74. The van der Waals surface area contributed by atoms with Crippen molar-refractivity contribution in [2.45, 2.75) is 38.1 Å². The van der Waals surface area contributed by atoms with Gasteiger partial charge in [0.05, 0.1) is 6.54 Å². The minimum absolute atomic E-state index is 0.0659. The molecule has 6 N–H and O–H groups in total. The van der Waals surface area contributed by atoms with Crippen LogP contribution in [0, 0.1) is 11.8 Å². The molecular weight excluding hydrogens is 452 g/mol. The van der Waals surface area contributed by atoms with Gasteiger partial charge in [-0.2, -0.15) is 0 Å². The average molecular weight is 487 g/mol. The van der Waals surface area contributed by atoms with Crippen molar-refractivity contribution in [1.82, 2.24) is 15.1 Å². The van der Waals surface area contributed by atoms with E-state index in [1.807, 2.05) is 30.3 Å². The zero-order valence-electron chi connectivity index (χ0n) is 19.8. The van der Waals surface area contributed by atoms with Crippen molar-refractivity contribution < 1.29 is 24.3 Å². The van der Waals surface area contributed by atoms with Gasteiger partial charge in [-0.3, -0.25) is 24.2 Å². The summed E-state index contributed by atoms with van der Waals surface area (Å²) in [4.78, 5) is 56.7. The van der Waals surface area contributed by atoms with Crippen LogP contribution in [0.15, 0.2) is 35.3 Å². The fourth-order valence-electron chi connectivity index (χ4n) is 4.74. The Morgan fingerprint density at radius 1 is 1.06 bits per heavy atom. The molecule has 1 saturated heterocycles. The molecule has 1 atom stereocenters. The fraction of sp³-hybridized carbons (Fsp3) is 0.542. The number of amides is 3. The van der Waals surface area contributed by atoms with E-state index in [-0.39, 0.29) is 49.7 Å². The van der Waals surface area contributed by atoms with E-state index in [1.165, 1.54) is 9.80 Å². The van der Waals surface area contributed by atoms with E-state index in [1.54, 1.807) is 0 Å². The number of guanidine groups is 1. The van der Waals surface area contributed by atoms with Crippen molar-refractivity contribution in [3.05, 3.63) is 35.9 Å². The molecule has 1 heterocycles. The SMILES string of the molecule is NC(N)=NCC1CCC(C(=O)NCC(=O)N2CCN(CC(=O)O)C(=O)[C@@H]2Cc2ccccc2)CC1. The standard InChI is InChI=1S/C24H34N6O5/c25-24(26)28-13-17-6-8-18(9-7-17)22(34)27-14-20(31)30-11-10-29(15-21(32)33)23(35)19(30)12-16-4-2-1-3-5-16/h1-5,17-19H,6-15H2,(H,27,34)(H,32,33)(H4,25,26,28)/t17?,18?,19-/m0/s1. The summed E-state index contributed by atoms with van der Waals surface area (Å²) in [6.45, 7) is 0.288. The molecule has 2 aliphatic rings. The van der Waals surface area contributed by atoms with Gasteiger partial charge in [0.2, 0.25) is 17.7 Å². The normalized spacial score (nSPS) is 22.4. The van der Waals surface area contributed by atoms with Gasteiger partial charge in [0.25, 0.3) is 0 Å². The van der Waals surface area contributed by atoms with Crippen LogP contribution in [0.25, 0.3) is 0 Å². The number of nitrogens with two attached hydrogens (primary N) is 2. The molecule has 2 fully saturated rings.